The van der Waals surface area contributed by atoms with Crippen LogP contribution in [-0.2, 0) is 11.1 Å². The van der Waals surface area contributed by atoms with E-state index in [4.69, 9.17) is 8.76 Å². The molecule has 2 nitrogen and oxygen atoms in total. The number of hydrogen-bond donors (Lipinski definition) is 1. The van der Waals surface area contributed by atoms with Crippen molar-refractivity contribution in [2.45, 2.75) is 0 Å². The van der Waals surface area contributed by atoms with Crippen LogP contribution in [-0.4, -0.2) is 44.3 Å². The number of hydrogen-bond acceptors (Lipinski definition) is 1. The summed E-state index contributed by atoms with van der Waals surface area (Å²) in [5.41, 5.74) is 0. The van der Waals surface area contributed by atoms with Gasteiger partial charge in [0.15, 0.2) is 17.1 Å². The van der Waals surface area contributed by atoms with Gasteiger partial charge in [-0.25, -0.2) is 8.60 Å². The van der Waals surface area contributed by atoms with Crippen molar-refractivity contribution >= 4 is 40.6 Å². The first-order valence-corrected chi connectivity index (χ1v) is 2.18. The second-order valence-corrected chi connectivity index (χ2v) is 1.29. The molecule has 0 aromatic rings. The molecule has 0 aliphatic heterocycles. The molecule has 1 N–H and O–H groups in total. The fourth-order valence-corrected chi connectivity index (χ4v) is 0. The van der Waals surface area contributed by atoms with Crippen LogP contribution in [0.5, 0.6) is 0 Å². The molecule has 1 unspecified atom stereocenters. The van der Waals surface area contributed by atoms with Crippen LogP contribution >= 0.6 is 0 Å². The molecular formula is CH3FNaO2S. The number of halogens is 1. The van der Waals surface area contributed by atoms with Gasteiger partial charge in [-0.1, -0.05) is 0 Å². The average Bonchev–Trinajstić information content (AvgIpc) is 1.38. The maximum Gasteiger partial charge on any atom is 0.190 e. The molecule has 0 amide bonds. The van der Waals surface area contributed by atoms with Gasteiger partial charge < -0.3 is 4.55 Å². The summed E-state index contributed by atoms with van der Waals surface area (Å²) >= 11 is -2.24. The monoisotopic (exact) mass is 121 g/mol. The van der Waals surface area contributed by atoms with Gasteiger partial charge in [-0.3, -0.25) is 0 Å². The summed E-state index contributed by atoms with van der Waals surface area (Å²) in [7, 11) is 0. The normalized spacial score (nSPS) is 12.3. The Balaban J connectivity index is 0. The Labute approximate surface area is 59.7 Å². The Morgan fingerprint density at radius 3 is 2.00 bits per heavy atom. The van der Waals surface area contributed by atoms with Crippen LogP contribution in [0.2, 0.25) is 0 Å². The fourth-order valence-electron chi connectivity index (χ4n) is 0. The molecule has 0 rings (SSSR count). The van der Waals surface area contributed by atoms with Gasteiger partial charge in [0.05, 0.1) is 0 Å². The van der Waals surface area contributed by atoms with E-state index in [2.05, 4.69) is 0 Å². The van der Waals surface area contributed by atoms with Gasteiger partial charge in [-0.05, 0) is 0 Å². The van der Waals surface area contributed by atoms with E-state index in [-0.39, 0.29) is 29.6 Å². The summed E-state index contributed by atoms with van der Waals surface area (Å²) in [5, 5.41) is 0. The third-order valence-electron chi connectivity index (χ3n) is 0.0933. The molecule has 0 saturated carbocycles. The zero-order chi connectivity index (χ0) is 4.28. The summed E-state index contributed by atoms with van der Waals surface area (Å²) in [6.07, 6.45) is 0. The smallest absolute Gasteiger partial charge is 0.190 e. The molecule has 1 atom stereocenters. The minimum absolute atomic E-state index is 0. The first-order valence-electron chi connectivity index (χ1n) is 0.905. The van der Waals surface area contributed by atoms with Crippen LogP contribution in [0.1, 0.15) is 0 Å². The van der Waals surface area contributed by atoms with Crippen LogP contribution in [0.4, 0.5) is 4.39 Å². The molecular weight excluding hydrogens is 118 g/mol. The summed E-state index contributed by atoms with van der Waals surface area (Å²) in [6.45, 7) is 0. The largest absolute Gasteiger partial charge is 0.304 e. The van der Waals surface area contributed by atoms with Crippen molar-refractivity contribution in [3.8, 4) is 0 Å². The summed E-state index contributed by atoms with van der Waals surface area (Å²) in [6, 6.07) is -1.17. The molecule has 1 radical (unpaired) electrons. The Bertz CT molecular complexity index is 48.8. The van der Waals surface area contributed by atoms with Crippen LogP contribution in [0.3, 0.4) is 0 Å². The average molecular weight is 121 g/mol. The maximum atomic E-state index is 10.6. The molecule has 0 aromatic heterocycles. The minimum Gasteiger partial charge on any atom is -0.304 e. The zero-order valence-corrected chi connectivity index (χ0v) is 6.17. The van der Waals surface area contributed by atoms with Gasteiger partial charge in [-0.2, -0.15) is 0 Å². The molecule has 0 saturated heterocycles. The Kier molecular flexibility index (Phi) is 10.2. The molecule has 0 aliphatic carbocycles. The zero-order valence-electron chi connectivity index (χ0n) is 3.35. The third kappa shape index (κ3) is 8.90. The van der Waals surface area contributed by atoms with E-state index in [1.54, 1.807) is 0 Å². The predicted molar refractivity (Wildman–Crippen MR) is 22.5 cm³/mol. The molecule has 6 heavy (non-hydrogen) atoms. The van der Waals surface area contributed by atoms with E-state index in [9.17, 15) is 4.39 Å². The van der Waals surface area contributed by atoms with E-state index >= 15 is 0 Å². The second kappa shape index (κ2) is 6.04. The van der Waals surface area contributed by atoms with Gasteiger partial charge in [-0.15, -0.1) is 0 Å². The molecule has 33 valence electrons. The van der Waals surface area contributed by atoms with E-state index in [0.717, 1.165) is 0 Å². The SMILES string of the molecule is O=S(O)CF.[Na]. The molecule has 5 heteroatoms. The van der Waals surface area contributed by atoms with Crippen molar-refractivity contribution in [3.05, 3.63) is 0 Å². The first kappa shape index (κ1) is 10.1. The van der Waals surface area contributed by atoms with Crippen molar-refractivity contribution in [2.24, 2.45) is 0 Å². The number of alkyl halides is 1. The van der Waals surface area contributed by atoms with Gasteiger partial charge in [0, 0.05) is 29.6 Å². The van der Waals surface area contributed by atoms with Crippen molar-refractivity contribution < 1.29 is 13.2 Å². The first-order chi connectivity index (χ1) is 2.27. The van der Waals surface area contributed by atoms with Crippen LogP contribution < -0.4 is 0 Å². The van der Waals surface area contributed by atoms with Crippen molar-refractivity contribution in [1.82, 2.24) is 0 Å². The molecule has 0 heterocycles. The second-order valence-electron chi connectivity index (χ2n) is 0.431. The molecule has 0 bridgehead atoms. The Hall–Kier alpha value is 1.04. The van der Waals surface area contributed by atoms with Crippen LogP contribution in [0, 0.1) is 0 Å². The number of rotatable bonds is 1. The van der Waals surface area contributed by atoms with E-state index in [1.165, 1.54) is 0 Å². The Morgan fingerprint density at radius 1 is 1.83 bits per heavy atom. The summed E-state index contributed by atoms with van der Waals surface area (Å²) in [5.74, 6) is 0. The summed E-state index contributed by atoms with van der Waals surface area (Å²) in [4.78, 5) is 0. The third-order valence-corrected chi connectivity index (χ3v) is 0.280. The Morgan fingerprint density at radius 2 is 2.00 bits per heavy atom. The molecule has 0 aliphatic rings. The maximum absolute atomic E-state index is 10.6. The van der Waals surface area contributed by atoms with Gasteiger partial charge in [0.1, 0.15) is 0 Å². The van der Waals surface area contributed by atoms with Crippen molar-refractivity contribution in [3.63, 3.8) is 0 Å². The van der Waals surface area contributed by atoms with Gasteiger partial charge >= 0.3 is 0 Å². The van der Waals surface area contributed by atoms with Gasteiger partial charge in [0.2, 0.25) is 0 Å². The molecule has 0 aromatic carbocycles. The van der Waals surface area contributed by atoms with Gasteiger partial charge in [0.25, 0.3) is 0 Å². The van der Waals surface area contributed by atoms with Crippen molar-refractivity contribution in [2.75, 3.05) is 6.01 Å². The summed E-state index contributed by atoms with van der Waals surface area (Å²) < 4.78 is 27.1. The fraction of sp³-hybridized carbons (Fsp3) is 1.00. The van der Waals surface area contributed by atoms with E-state index in [1.807, 2.05) is 0 Å². The van der Waals surface area contributed by atoms with Crippen LogP contribution in [0.15, 0.2) is 0 Å². The topological polar surface area (TPSA) is 37.3 Å². The molecule has 0 fully saturated rings. The van der Waals surface area contributed by atoms with Crippen molar-refractivity contribution in [1.29, 1.82) is 0 Å². The predicted octanol–water partition coefficient (Wildman–Crippen LogP) is -0.246. The quantitative estimate of drug-likeness (QED) is 0.384. The van der Waals surface area contributed by atoms with Crippen LogP contribution in [0.25, 0.3) is 0 Å². The standard InChI is InChI=1S/CH3FO2S.Na/c2-1-5(3)4;/h1H2,(H,3,4);. The minimum atomic E-state index is -2.24. The van der Waals surface area contributed by atoms with E-state index in [0.29, 0.717) is 0 Å². The molecule has 0 spiro atoms. The van der Waals surface area contributed by atoms with E-state index < -0.39 is 17.1 Å².